The Balaban J connectivity index is 1.30. The van der Waals surface area contributed by atoms with Crippen LogP contribution in [0.4, 0.5) is 0 Å². The number of nitrogens with zero attached hydrogens (tertiary/aromatic N) is 4. The largest absolute Gasteiger partial charge is 0.489 e. The summed E-state index contributed by atoms with van der Waals surface area (Å²) in [5.74, 6) is 1.52. The van der Waals surface area contributed by atoms with Crippen LogP contribution in [0.25, 0.3) is 0 Å². The predicted octanol–water partition coefficient (Wildman–Crippen LogP) is 2.32. The minimum absolute atomic E-state index is 0.00918. The van der Waals surface area contributed by atoms with Crippen LogP contribution in [0.1, 0.15) is 34.6 Å². The standard InChI is InChI=1S/C25H31N5O3/c1-28(2)16-17-30-25(32)29-15-14-21(12-13-23(29)27-30)26-24(31)20-10-8-19(9-11-20)18-33-22-6-4-3-5-7-22/h3-11,21H,12-18H2,1-2H3,(H,26,31). The number of nitrogens with one attached hydrogen (secondary N) is 1. The number of hydrogen-bond acceptors (Lipinski definition) is 5. The Labute approximate surface area is 193 Å². The zero-order valence-corrected chi connectivity index (χ0v) is 19.2. The topological polar surface area (TPSA) is 81.4 Å². The van der Waals surface area contributed by atoms with E-state index in [9.17, 15) is 9.59 Å². The van der Waals surface area contributed by atoms with Crippen LogP contribution in [0.2, 0.25) is 0 Å². The Morgan fingerprint density at radius 3 is 2.61 bits per heavy atom. The number of fused-ring (bicyclic) bond motifs is 1. The molecule has 2 aromatic carbocycles. The molecule has 1 unspecified atom stereocenters. The number of aryl methyl sites for hydroxylation is 1. The maximum absolute atomic E-state index is 12.8. The summed E-state index contributed by atoms with van der Waals surface area (Å²) in [6.07, 6.45) is 2.14. The maximum Gasteiger partial charge on any atom is 0.345 e. The highest BCUT2D eigenvalue weighted by atomic mass is 16.5. The Kier molecular flexibility index (Phi) is 7.24. The molecule has 33 heavy (non-hydrogen) atoms. The summed E-state index contributed by atoms with van der Waals surface area (Å²) in [7, 11) is 3.96. The molecule has 0 bridgehead atoms. The van der Waals surface area contributed by atoms with Gasteiger partial charge in [-0.05, 0) is 56.8 Å². The second-order valence-corrected chi connectivity index (χ2v) is 8.67. The first-order valence-corrected chi connectivity index (χ1v) is 11.4. The van der Waals surface area contributed by atoms with Gasteiger partial charge in [-0.2, -0.15) is 5.10 Å². The lowest BCUT2D eigenvalue weighted by atomic mass is 10.1. The summed E-state index contributed by atoms with van der Waals surface area (Å²) in [5, 5.41) is 7.64. The number of aromatic nitrogens is 3. The zero-order chi connectivity index (χ0) is 23.2. The second-order valence-electron chi connectivity index (χ2n) is 8.67. The molecule has 0 fully saturated rings. The lowest BCUT2D eigenvalue weighted by Gasteiger charge is -2.16. The average molecular weight is 450 g/mol. The molecule has 8 nitrogen and oxygen atoms in total. The molecule has 0 aliphatic carbocycles. The van der Waals surface area contributed by atoms with Gasteiger partial charge in [-0.25, -0.2) is 9.48 Å². The quantitative estimate of drug-likeness (QED) is 0.571. The van der Waals surface area contributed by atoms with Gasteiger partial charge in [-0.3, -0.25) is 9.36 Å². The summed E-state index contributed by atoms with van der Waals surface area (Å²) in [5.41, 5.74) is 1.56. The van der Waals surface area contributed by atoms with E-state index in [0.717, 1.165) is 30.1 Å². The van der Waals surface area contributed by atoms with E-state index in [1.807, 2.05) is 73.6 Å². The van der Waals surface area contributed by atoms with Crippen molar-refractivity contribution in [2.75, 3.05) is 20.6 Å². The average Bonchev–Trinajstić information content (AvgIpc) is 2.99. The summed E-state index contributed by atoms with van der Waals surface area (Å²) >= 11 is 0. The van der Waals surface area contributed by atoms with Gasteiger partial charge in [0.25, 0.3) is 5.91 Å². The van der Waals surface area contributed by atoms with Crippen molar-refractivity contribution in [1.82, 2.24) is 24.6 Å². The van der Waals surface area contributed by atoms with E-state index >= 15 is 0 Å². The van der Waals surface area contributed by atoms with E-state index in [-0.39, 0.29) is 17.6 Å². The van der Waals surface area contributed by atoms with Crippen molar-refractivity contribution in [3.05, 3.63) is 82.0 Å². The van der Waals surface area contributed by atoms with Crippen LogP contribution in [-0.4, -0.2) is 51.8 Å². The number of rotatable bonds is 8. The highest BCUT2D eigenvalue weighted by Crippen LogP contribution is 2.15. The highest BCUT2D eigenvalue weighted by molar-refractivity contribution is 5.94. The zero-order valence-electron chi connectivity index (χ0n) is 19.2. The van der Waals surface area contributed by atoms with Crippen molar-refractivity contribution >= 4 is 5.91 Å². The molecular formula is C25H31N5O3. The lowest BCUT2D eigenvalue weighted by molar-refractivity contribution is 0.0933. The first-order valence-electron chi connectivity index (χ1n) is 11.4. The molecule has 1 atom stereocenters. The van der Waals surface area contributed by atoms with Crippen molar-refractivity contribution in [1.29, 1.82) is 0 Å². The number of benzene rings is 2. The van der Waals surface area contributed by atoms with Crippen molar-refractivity contribution in [2.45, 2.75) is 45.0 Å². The molecule has 2 heterocycles. The van der Waals surface area contributed by atoms with Crippen LogP contribution >= 0.6 is 0 Å². The Morgan fingerprint density at radius 2 is 1.88 bits per heavy atom. The van der Waals surface area contributed by atoms with Gasteiger partial charge in [0.2, 0.25) is 0 Å². The van der Waals surface area contributed by atoms with Gasteiger partial charge in [0.1, 0.15) is 18.2 Å². The molecule has 4 rings (SSSR count). The van der Waals surface area contributed by atoms with Crippen molar-refractivity contribution < 1.29 is 9.53 Å². The highest BCUT2D eigenvalue weighted by Gasteiger charge is 2.22. The van der Waals surface area contributed by atoms with Gasteiger partial charge in [0.05, 0.1) is 6.54 Å². The van der Waals surface area contributed by atoms with Crippen LogP contribution in [0.3, 0.4) is 0 Å². The summed E-state index contributed by atoms with van der Waals surface area (Å²) in [6, 6.07) is 17.1. The molecule has 8 heteroatoms. The number of hydrogen-bond donors (Lipinski definition) is 1. The number of para-hydroxylation sites is 1. The molecular weight excluding hydrogens is 418 g/mol. The predicted molar refractivity (Wildman–Crippen MR) is 126 cm³/mol. The Morgan fingerprint density at radius 1 is 1.12 bits per heavy atom. The van der Waals surface area contributed by atoms with Crippen LogP contribution in [0.5, 0.6) is 5.75 Å². The molecule has 1 amide bonds. The lowest BCUT2D eigenvalue weighted by Crippen LogP contribution is -2.36. The van der Waals surface area contributed by atoms with Gasteiger partial charge in [0.15, 0.2) is 0 Å². The van der Waals surface area contributed by atoms with E-state index < -0.39 is 0 Å². The SMILES string of the molecule is CN(C)CCn1nc2n(c1=O)CCC(NC(=O)c1ccc(COc3ccccc3)cc1)CC2. The number of carbonyl (C=O) groups is 1. The summed E-state index contributed by atoms with van der Waals surface area (Å²) < 4.78 is 9.06. The fourth-order valence-corrected chi connectivity index (χ4v) is 3.92. The molecule has 1 aliphatic rings. The van der Waals surface area contributed by atoms with Crippen LogP contribution < -0.4 is 15.7 Å². The second kappa shape index (κ2) is 10.5. The van der Waals surface area contributed by atoms with E-state index in [2.05, 4.69) is 10.4 Å². The first kappa shape index (κ1) is 22.8. The minimum Gasteiger partial charge on any atom is -0.489 e. The fraction of sp³-hybridized carbons (Fsp3) is 0.400. The number of likely N-dealkylation sites (N-methyl/N-ethyl adjacent to an activating group) is 1. The van der Waals surface area contributed by atoms with E-state index in [4.69, 9.17) is 4.74 Å². The first-order chi connectivity index (χ1) is 16.0. The van der Waals surface area contributed by atoms with Gasteiger partial charge < -0.3 is 15.0 Å². The molecule has 1 aliphatic heterocycles. The molecule has 0 saturated heterocycles. The Hall–Kier alpha value is -3.39. The van der Waals surface area contributed by atoms with E-state index in [1.54, 1.807) is 9.25 Å². The third kappa shape index (κ3) is 5.90. The van der Waals surface area contributed by atoms with Gasteiger partial charge in [0, 0.05) is 31.1 Å². The summed E-state index contributed by atoms with van der Waals surface area (Å²) in [6.45, 7) is 2.37. The monoisotopic (exact) mass is 449 g/mol. The molecule has 174 valence electrons. The van der Waals surface area contributed by atoms with E-state index in [1.165, 1.54) is 0 Å². The third-order valence-electron chi connectivity index (χ3n) is 5.88. The number of amides is 1. The van der Waals surface area contributed by atoms with E-state index in [0.29, 0.717) is 38.1 Å². The normalized spacial score (nSPS) is 15.7. The smallest absolute Gasteiger partial charge is 0.345 e. The van der Waals surface area contributed by atoms with Crippen molar-refractivity contribution in [2.24, 2.45) is 0 Å². The molecule has 0 spiro atoms. The van der Waals surface area contributed by atoms with Crippen LogP contribution in [0, 0.1) is 0 Å². The molecule has 0 saturated carbocycles. The van der Waals surface area contributed by atoms with Crippen LogP contribution in [-0.2, 0) is 26.1 Å². The Bertz CT molecular complexity index is 1120. The van der Waals surface area contributed by atoms with Crippen molar-refractivity contribution in [3.8, 4) is 5.75 Å². The summed E-state index contributed by atoms with van der Waals surface area (Å²) in [4.78, 5) is 27.4. The maximum atomic E-state index is 12.8. The number of ether oxygens (including phenoxy) is 1. The molecule has 0 radical (unpaired) electrons. The van der Waals surface area contributed by atoms with Gasteiger partial charge in [-0.15, -0.1) is 0 Å². The molecule has 1 N–H and O–H groups in total. The third-order valence-corrected chi connectivity index (χ3v) is 5.88. The van der Waals surface area contributed by atoms with Gasteiger partial charge in [-0.1, -0.05) is 30.3 Å². The minimum atomic E-state index is -0.0986. The van der Waals surface area contributed by atoms with Crippen LogP contribution in [0.15, 0.2) is 59.4 Å². The molecule has 1 aromatic heterocycles. The molecule has 3 aromatic rings. The van der Waals surface area contributed by atoms with Gasteiger partial charge >= 0.3 is 5.69 Å². The number of carbonyl (C=O) groups excluding carboxylic acids is 1. The fourth-order valence-electron chi connectivity index (χ4n) is 3.92. The van der Waals surface area contributed by atoms with Crippen molar-refractivity contribution in [3.63, 3.8) is 0 Å².